The number of nitrogens with one attached hydrogen (secondary N) is 2. The molecule has 1 aliphatic rings. The number of aliphatic hydroxyl groups excluding tert-OH is 1. The molecule has 0 saturated carbocycles. The predicted molar refractivity (Wildman–Crippen MR) is 35.3 cm³/mol. The molecule has 0 bridgehead atoms. The second kappa shape index (κ2) is 2.37. The van der Waals surface area contributed by atoms with Crippen LogP contribution in [0.15, 0.2) is 11.3 Å². The molecule has 0 spiro atoms. The van der Waals surface area contributed by atoms with Crippen LogP contribution in [-0.4, -0.2) is 11.3 Å². The molecule has 0 fully saturated rings. The molecule has 1 unspecified atom stereocenters. The normalized spacial score (nSPS) is 26.8. The molecule has 0 aromatic heterocycles. The quantitative estimate of drug-likeness (QED) is 0.469. The van der Waals surface area contributed by atoms with Crippen molar-refractivity contribution >= 4 is 0 Å². The van der Waals surface area contributed by atoms with Crippen molar-refractivity contribution < 1.29 is 5.11 Å². The summed E-state index contributed by atoms with van der Waals surface area (Å²) in [6, 6.07) is 0. The van der Waals surface area contributed by atoms with E-state index < -0.39 is 6.23 Å². The third-order valence-corrected chi connectivity index (χ3v) is 1.60. The molecule has 9 heavy (non-hydrogen) atoms. The van der Waals surface area contributed by atoms with E-state index >= 15 is 0 Å². The van der Waals surface area contributed by atoms with Crippen LogP contribution in [0.25, 0.3) is 0 Å². The fourth-order valence-electron chi connectivity index (χ4n) is 0.895. The number of hydrazine groups is 1. The van der Waals surface area contributed by atoms with E-state index in [-0.39, 0.29) is 0 Å². The monoisotopic (exact) mass is 128 g/mol. The topological polar surface area (TPSA) is 44.3 Å². The molecule has 1 atom stereocenters. The zero-order chi connectivity index (χ0) is 6.85. The summed E-state index contributed by atoms with van der Waals surface area (Å²) >= 11 is 0. The summed E-state index contributed by atoms with van der Waals surface area (Å²) in [6.45, 7) is 3.96. The fraction of sp³-hybridized carbons (Fsp3) is 0.667. The molecular formula is C6H12N2O. The molecule has 0 aromatic rings. The third-order valence-electron chi connectivity index (χ3n) is 1.60. The highest BCUT2D eigenvalue weighted by Crippen LogP contribution is 2.11. The van der Waals surface area contributed by atoms with E-state index in [1.165, 1.54) is 0 Å². The number of rotatable bonds is 1. The third kappa shape index (κ3) is 1.06. The molecule has 52 valence electrons. The van der Waals surface area contributed by atoms with Crippen molar-refractivity contribution in [1.29, 1.82) is 0 Å². The molecule has 3 N–H and O–H groups in total. The van der Waals surface area contributed by atoms with Crippen molar-refractivity contribution in [1.82, 2.24) is 10.9 Å². The van der Waals surface area contributed by atoms with Crippen molar-refractivity contribution in [2.45, 2.75) is 26.5 Å². The Morgan fingerprint density at radius 1 is 1.67 bits per heavy atom. The van der Waals surface area contributed by atoms with E-state index in [0.717, 1.165) is 17.7 Å². The lowest BCUT2D eigenvalue weighted by Crippen LogP contribution is -2.32. The van der Waals surface area contributed by atoms with Gasteiger partial charge in [0.2, 0.25) is 0 Å². The maximum atomic E-state index is 9.07. The highest BCUT2D eigenvalue weighted by Gasteiger charge is 2.16. The Morgan fingerprint density at radius 3 is 2.56 bits per heavy atom. The van der Waals surface area contributed by atoms with E-state index in [1.54, 1.807) is 0 Å². The molecule has 0 aliphatic carbocycles. The summed E-state index contributed by atoms with van der Waals surface area (Å²) in [4.78, 5) is 0. The van der Waals surface area contributed by atoms with Crippen LogP contribution < -0.4 is 10.9 Å². The van der Waals surface area contributed by atoms with Gasteiger partial charge < -0.3 is 10.5 Å². The van der Waals surface area contributed by atoms with Crippen LogP contribution in [0.3, 0.4) is 0 Å². The van der Waals surface area contributed by atoms with Crippen LogP contribution >= 0.6 is 0 Å². The summed E-state index contributed by atoms with van der Waals surface area (Å²) in [5, 5.41) is 9.07. The number of hydrogen-bond donors (Lipinski definition) is 3. The van der Waals surface area contributed by atoms with Crippen LogP contribution in [0, 0.1) is 0 Å². The lowest BCUT2D eigenvalue weighted by atomic mass is 10.2. The van der Waals surface area contributed by atoms with Crippen LogP contribution in [0.4, 0.5) is 0 Å². The molecule has 1 aliphatic heterocycles. The Kier molecular flexibility index (Phi) is 1.73. The zero-order valence-electron chi connectivity index (χ0n) is 5.73. The molecule has 1 heterocycles. The van der Waals surface area contributed by atoms with Crippen molar-refractivity contribution in [3.63, 3.8) is 0 Å². The maximum Gasteiger partial charge on any atom is 0.144 e. The number of hydrogen-bond acceptors (Lipinski definition) is 3. The summed E-state index contributed by atoms with van der Waals surface area (Å²) in [5.74, 6) is 0. The standard InChI is InChI=1S/C6H12N2O/c1-3-5-4(2)6(9)8-7-5/h6-9H,3H2,1-2H3. The van der Waals surface area contributed by atoms with Gasteiger partial charge in [-0.25, -0.2) is 5.43 Å². The molecule has 3 heteroatoms. The fourth-order valence-corrected chi connectivity index (χ4v) is 0.895. The second-order valence-electron chi connectivity index (χ2n) is 2.19. The Hall–Kier alpha value is -0.540. The van der Waals surface area contributed by atoms with Gasteiger partial charge in [-0.05, 0) is 18.9 Å². The number of aliphatic hydroxyl groups is 1. The molecule has 0 aromatic carbocycles. The minimum absolute atomic E-state index is 0.486. The van der Waals surface area contributed by atoms with Gasteiger partial charge in [-0.15, -0.1) is 0 Å². The minimum atomic E-state index is -0.486. The van der Waals surface area contributed by atoms with Crippen LogP contribution in [0.1, 0.15) is 20.3 Å². The van der Waals surface area contributed by atoms with Crippen LogP contribution in [-0.2, 0) is 0 Å². The van der Waals surface area contributed by atoms with Gasteiger partial charge in [0.15, 0.2) is 0 Å². The summed E-state index contributed by atoms with van der Waals surface area (Å²) in [6.07, 6.45) is 0.454. The average Bonchev–Trinajstić information content (AvgIpc) is 2.15. The summed E-state index contributed by atoms with van der Waals surface area (Å²) in [7, 11) is 0. The Labute approximate surface area is 54.7 Å². The van der Waals surface area contributed by atoms with E-state index in [1.807, 2.05) is 13.8 Å². The lowest BCUT2D eigenvalue weighted by molar-refractivity contribution is 0.175. The second-order valence-corrected chi connectivity index (χ2v) is 2.19. The van der Waals surface area contributed by atoms with Gasteiger partial charge >= 0.3 is 0 Å². The van der Waals surface area contributed by atoms with E-state index in [4.69, 9.17) is 5.11 Å². The zero-order valence-corrected chi connectivity index (χ0v) is 5.73. The van der Waals surface area contributed by atoms with Crippen LogP contribution in [0.5, 0.6) is 0 Å². The Bertz CT molecular complexity index is 142. The first-order valence-corrected chi connectivity index (χ1v) is 3.15. The maximum absolute atomic E-state index is 9.07. The van der Waals surface area contributed by atoms with Gasteiger partial charge in [0.1, 0.15) is 6.23 Å². The van der Waals surface area contributed by atoms with Gasteiger partial charge in [-0.3, -0.25) is 0 Å². The Balaban J connectivity index is 2.68. The lowest BCUT2D eigenvalue weighted by Gasteiger charge is -1.99. The van der Waals surface area contributed by atoms with E-state index in [2.05, 4.69) is 10.9 Å². The highest BCUT2D eigenvalue weighted by molar-refractivity contribution is 5.17. The predicted octanol–water partition coefficient (Wildman–Crippen LogP) is 0.0966. The van der Waals surface area contributed by atoms with Gasteiger partial charge in [0, 0.05) is 5.70 Å². The summed E-state index contributed by atoms with van der Waals surface area (Å²) < 4.78 is 0. The molecule has 1 rings (SSSR count). The minimum Gasteiger partial charge on any atom is -0.373 e. The van der Waals surface area contributed by atoms with Crippen molar-refractivity contribution in [3.05, 3.63) is 11.3 Å². The van der Waals surface area contributed by atoms with Crippen LogP contribution in [0.2, 0.25) is 0 Å². The Morgan fingerprint density at radius 2 is 2.33 bits per heavy atom. The van der Waals surface area contributed by atoms with Crippen molar-refractivity contribution in [3.8, 4) is 0 Å². The summed E-state index contributed by atoms with van der Waals surface area (Å²) in [5.41, 5.74) is 7.68. The van der Waals surface area contributed by atoms with Gasteiger partial charge in [0.25, 0.3) is 0 Å². The first-order valence-electron chi connectivity index (χ1n) is 3.15. The van der Waals surface area contributed by atoms with Crippen molar-refractivity contribution in [2.75, 3.05) is 0 Å². The molecular weight excluding hydrogens is 116 g/mol. The first-order chi connectivity index (χ1) is 4.25. The van der Waals surface area contributed by atoms with Crippen molar-refractivity contribution in [2.24, 2.45) is 0 Å². The molecule has 0 amide bonds. The smallest absolute Gasteiger partial charge is 0.144 e. The SMILES string of the molecule is CCC1=C(C)C(O)NN1. The van der Waals surface area contributed by atoms with Gasteiger partial charge in [-0.2, -0.15) is 0 Å². The molecule has 3 nitrogen and oxygen atoms in total. The molecule has 0 saturated heterocycles. The first kappa shape index (κ1) is 6.58. The van der Waals surface area contributed by atoms with Gasteiger partial charge in [0.05, 0.1) is 0 Å². The largest absolute Gasteiger partial charge is 0.373 e. The molecule has 0 radical (unpaired) electrons. The van der Waals surface area contributed by atoms with Gasteiger partial charge in [-0.1, -0.05) is 6.92 Å². The highest BCUT2D eigenvalue weighted by atomic mass is 16.3. The van der Waals surface area contributed by atoms with E-state index in [0.29, 0.717) is 0 Å². The van der Waals surface area contributed by atoms with E-state index in [9.17, 15) is 0 Å². The average molecular weight is 128 g/mol. The number of allylic oxidation sites excluding steroid dienone is 1.